The van der Waals surface area contributed by atoms with Crippen LogP contribution in [0.15, 0.2) is 51.9 Å². The van der Waals surface area contributed by atoms with E-state index in [9.17, 15) is 0 Å². The highest BCUT2D eigenvalue weighted by atomic mass is 79.9. The Balaban J connectivity index is 2.50. The van der Waals surface area contributed by atoms with Crippen molar-refractivity contribution in [2.45, 2.75) is 6.42 Å². The molecule has 0 unspecified atom stereocenters. The molecular formula is C15H11Br2N. The number of hydrogen-bond donors (Lipinski definition) is 1. The Morgan fingerprint density at radius 3 is 2.72 bits per heavy atom. The molecule has 1 heterocycles. The van der Waals surface area contributed by atoms with Gasteiger partial charge in [-0.05, 0) is 56.0 Å². The molecule has 0 saturated heterocycles. The van der Waals surface area contributed by atoms with Crippen LogP contribution >= 0.6 is 31.9 Å². The van der Waals surface area contributed by atoms with E-state index in [0.29, 0.717) is 0 Å². The van der Waals surface area contributed by atoms with Crippen LogP contribution in [0.1, 0.15) is 5.56 Å². The van der Waals surface area contributed by atoms with Crippen LogP contribution in [0.25, 0.3) is 21.8 Å². The quantitative estimate of drug-likeness (QED) is 0.571. The van der Waals surface area contributed by atoms with Crippen molar-refractivity contribution in [3.63, 3.8) is 0 Å². The minimum atomic E-state index is 0.837. The molecule has 0 aliphatic heterocycles. The molecule has 1 aromatic heterocycles. The standard InChI is InChI=1S/C15H11Br2N/c1-2-5-10-14(17)12(16)8-11-9-6-3-4-7-13(9)18-15(10)11/h2-4,6-8,18H,1,5H2. The minimum Gasteiger partial charge on any atom is -0.354 e. The van der Waals surface area contributed by atoms with E-state index in [1.54, 1.807) is 0 Å². The van der Waals surface area contributed by atoms with Crippen LogP contribution in [0, 0.1) is 0 Å². The zero-order chi connectivity index (χ0) is 12.7. The molecule has 18 heavy (non-hydrogen) atoms. The van der Waals surface area contributed by atoms with E-state index in [0.717, 1.165) is 15.4 Å². The van der Waals surface area contributed by atoms with Crippen molar-refractivity contribution in [3.8, 4) is 0 Å². The Bertz CT molecular complexity index is 756. The number of fused-ring (bicyclic) bond motifs is 3. The number of allylic oxidation sites excluding steroid dienone is 1. The number of aromatic amines is 1. The smallest absolute Gasteiger partial charge is 0.0512 e. The maximum absolute atomic E-state index is 3.84. The average molecular weight is 365 g/mol. The molecule has 3 aromatic rings. The molecule has 0 radical (unpaired) electrons. The highest BCUT2D eigenvalue weighted by Crippen LogP contribution is 2.37. The van der Waals surface area contributed by atoms with E-state index >= 15 is 0 Å². The number of aromatic nitrogens is 1. The van der Waals surface area contributed by atoms with Crippen molar-refractivity contribution in [3.05, 3.63) is 57.5 Å². The lowest BCUT2D eigenvalue weighted by atomic mass is 10.1. The Labute approximate surface area is 122 Å². The van der Waals surface area contributed by atoms with E-state index in [4.69, 9.17) is 0 Å². The molecule has 90 valence electrons. The maximum Gasteiger partial charge on any atom is 0.0512 e. The van der Waals surface area contributed by atoms with Crippen molar-refractivity contribution in [1.29, 1.82) is 0 Å². The summed E-state index contributed by atoms with van der Waals surface area (Å²) in [6.07, 6.45) is 2.76. The number of hydrogen-bond acceptors (Lipinski definition) is 0. The molecule has 2 aromatic carbocycles. The van der Waals surface area contributed by atoms with E-state index in [1.807, 2.05) is 6.08 Å². The highest BCUT2D eigenvalue weighted by Gasteiger charge is 2.13. The highest BCUT2D eigenvalue weighted by molar-refractivity contribution is 9.13. The van der Waals surface area contributed by atoms with E-state index in [-0.39, 0.29) is 0 Å². The number of nitrogens with one attached hydrogen (secondary N) is 1. The summed E-state index contributed by atoms with van der Waals surface area (Å²) in [7, 11) is 0. The predicted molar refractivity (Wildman–Crippen MR) is 85.1 cm³/mol. The van der Waals surface area contributed by atoms with Gasteiger partial charge >= 0.3 is 0 Å². The maximum atomic E-state index is 3.84. The van der Waals surface area contributed by atoms with Gasteiger partial charge in [0, 0.05) is 25.2 Å². The third kappa shape index (κ3) is 1.73. The molecule has 1 nitrogen and oxygen atoms in total. The molecule has 0 aliphatic rings. The van der Waals surface area contributed by atoms with Crippen molar-refractivity contribution in [1.82, 2.24) is 4.98 Å². The van der Waals surface area contributed by atoms with Gasteiger partial charge in [-0.25, -0.2) is 0 Å². The van der Waals surface area contributed by atoms with Gasteiger partial charge in [0.05, 0.1) is 5.52 Å². The van der Waals surface area contributed by atoms with Gasteiger partial charge < -0.3 is 4.98 Å². The predicted octanol–water partition coefficient (Wildman–Crippen LogP) is 5.57. The summed E-state index contributed by atoms with van der Waals surface area (Å²) >= 11 is 7.26. The molecule has 3 heteroatoms. The molecule has 0 bridgehead atoms. The lowest BCUT2D eigenvalue weighted by molar-refractivity contribution is 1.26. The second kappa shape index (κ2) is 4.56. The van der Waals surface area contributed by atoms with Crippen LogP contribution in [-0.4, -0.2) is 4.98 Å². The summed E-state index contributed by atoms with van der Waals surface area (Å²) in [5.74, 6) is 0. The van der Waals surface area contributed by atoms with Crippen LogP contribution in [0.4, 0.5) is 0 Å². The van der Waals surface area contributed by atoms with Crippen LogP contribution < -0.4 is 0 Å². The van der Waals surface area contributed by atoms with Crippen LogP contribution in [-0.2, 0) is 6.42 Å². The number of rotatable bonds is 2. The van der Waals surface area contributed by atoms with Crippen molar-refractivity contribution in [2.75, 3.05) is 0 Å². The van der Waals surface area contributed by atoms with Gasteiger partial charge in [0.2, 0.25) is 0 Å². The summed E-state index contributed by atoms with van der Waals surface area (Å²) in [6, 6.07) is 10.5. The second-order valence-electron chi connectivity index (χ2n) is 4.24. The Morgan fingerprint density at radius 2 is 1.94 bits per heavy atom. The first-order valence-electron chi connectivity index (χ1n) is 5.70. The zero-order valence-corrected chi connectivity index (χ0v) is 12.8. The molecular weight excluding hydrogens is 354 g/mol. The molecule has 1 N–H and O–H groups in total. The Hall–Kier alpha value is -1.06. The summed E-state index contributed by atoms with van der Waals surface area (Å²) in [6.45, 7) is 3.84. The third-order valence-corrected chi connectivity index (χ3v) is 5.21. The Kier molecular flexibility index (Phi) is 3.04. The van der Waals surface area contributed by atoms with Crippen molar-refractivity contribution in [2.24, 2.45) is 0 Å². The van der Waals surface area contributed by atoms with Gasteiger partial charge in [0.25, 0.3) is 0 Å². The molecule has 0 atom stereocenters. The van der Waals surface area contributed by atoms with E-state index < -0.39 is 0 Å². The molecule has 0 aliphatic carbocycles. The fourth-order valence-corrected chi connectivity index (χ4v) is 3.27. The molecule has 0 saturated carbocycles. The summed E-state index contributed by atoms with van der Waals surface area (Å²) in [4.78, 5) is 3.50. The first-order valence-corrected chi connectivity index (χ1v) is 7.29. The summed E-state index contributed by atoms with van der Waals surface area (Å²) < 4.78 is 2.18. The normalized spacial score (nSPS) is 11.2. The first kappa shape index (κ1) is 12.0. The fourth-order valence-electron chi connectivity index (χ4n) is 2.33. The average Bonchev–Trinajstić information content (AvgIpc) is 2.74. The minimum absolute atomic E-state index is 0.837. The number of benzene rings is 2. The SMILES string of the molecule is C=CCc1c(Br)c(Br)cc2c1[nH]c1ccccc12. The monoisotopic (exact) mass is 363 g/mol. The molecule has 3 rings (SSSR count). The lowest BCUT2D eigenvalue weighted by Gasteiger charge is -2.06. The van der Waals surface area contributed by atoms with Crippen LogP contribution in [0.2, 0.25) is 0 Å². The van der Waals surface area contributed by atoms with Gasteiger partial charge in [-0.1, -0.05) is 24.3 Å². The van der Waals surface area contributed by atoms with E-state index in [1.165, 1.54) is 27.4 Å². The van der Waals surface area contributed by atoms with Gasteiger partial charge in [0.1, 0.15) is 0 Å². The topological polar surface area (TPSA) is 15.8 Å². The van der Waals surface area contributed by atoms with Crippen molar-refractivity contribution >= 4 is 53.7 Å². The summed E-state index contributed by atoms with van der Waals surface area (Å²) in [5, 5.41) is 2.50. The largest absolute Gasteiger partial charge is 0.354 e. The number of halogens is 2. The number of para-hydroxylation sites is 1. The summed E-state index contributed by atoms with van der Waals surface area (Å²) in [5.41, 5.74) is 3.60. The van der Waals surface area contributed by atoms with Gasteiger partial charge in [-0.3, -0.25) is 0 Å². The second-order valence-corrected chi connectivity index (χ2v) is 5.88. The fraction of sp³-hybridized carbons (Fsp3) is 0.0667. The zero-order valence-electron chi connectivity index (χ0n) is 9.63. The molecule has 0 amide bonds. The van der Waals surface area contributed by atoms with Gasteiger partial charge in [-0.15, -0.1) is 6.58 Å². The molecule has 0 spiro atoms. The Morgan fingerprint density at radius 1 is 1.17 bits per heavy atom. The van der Waals surface area contributed by atoms with Gasteiger partial charge in [0.15, 0.2) is 0 Å². The lowest BCUT2D eigenvalue weighted by Crippen LogP contribution is -1.87. The number of H-pyrrole nitrogens is 1. The first-order chi connectivity index (χ1) is 8.72. The van der Waals surface area contributed by atoms with E-state index in [2.05, 4.69) is 73.8 Å². The van der Waals surface area contributed by atoms with Crippen LogP contribution in [0.5, 0.6) is 0 Å². The molecule has 0 fully saturated rings. The van der Waals surface area contributed by atoms with Gasteiger partial charge in [-0.2, -0.15) is 0 Å². The van der Waals surface area contributed by atoms with Crippen LogP contribution in [0.3, 0.4) is 0 Å². The van der Waals surface area contributed by atoms with Crippen molar-refractivity contribution < 1.29 is 0 Å². The third-order valence-electron chi connectivity index (χ3n) is 3.14.